The zero-order valence-corrected chi connectivity index (χ0v) is 9.22. The maximum absolute atomic E-state index is 11.3. The van der Waals surface area contributed by atoms with E-state index in [0.29, 0.717) is 26.2 Å². The van der Waals surface area contributed by atoms with Crippen molar-refractivity contribution < 1.29 is 9.59 Å². The van der Waals surface area contributed by atoms with Crippen LogP contribution in [0, 0.1) is 0 Å². The number of carbonyl (C=O) groups excluding carboxylic acids is 2. The summed E-state index contributed by atoms with van der Waals surface area (Å²) in [6.45, 7) is 2.33. The van der Waals surface area contributed by atoms with Crippen LogP contribution >= 0.6 is 0 Å². The summed E-state index contributed by atoms with van der Waals surface area (Å²) in [4.78, 5) is 23.9. The maximum atomic E-state index is 11.3. The standard InChI is InChI=1S/C9H14N6O2/c10-6-5-15(13-7(6)8(11)16)4-3-14-2-1-12-9(14)17/h5H,1-4,10H2,(H2,11,16)(H,12,17). The van der Waals surface area contributed by atoms with Crippen molar-refractivity contribution in [3.8, 4) is 0 Å². The van der Waals surface area contributed by atoms with Crippen LogP contribution in [-0.4, -0.2) is 46.3 Å². The first-order chi connectivity index (χ1) is 8.08. The van der Waals surface area contributed by atoms with E-state index in [0.717, 1.165) is 0 Å². The molecule has 2 rings (SSSR count). The van der Waals surface area contributed by atoms with E-state index in [9.17, 15) is 9.59 Å². The molecule has 17 heavy (non-hydrogen) atoms. The molecule has 8 nitrogen and oxygen atoms in total. The number of nitrogens with one attached hydrogen (secondary N) is 1. The highest BCUT2D eigenvalue weighted by Gasteiger charge is 2.19. The molecular formula is C9H14N6O2. The lowest BCUT2D eigenvalue weighted by molar-refractivity contribution is 0.0995. The van der Waals surface area contributed by atoms with Gasteiger partial charge in [-0.3, -0.25) is 9.48 Å². The van der Waals surface area contributed by atoms with Crippen LogP contribution in [0.4, 0.5) is 10.5 Å². The molecule has 0 saturated carbocycles. The van der Waals surface area contributed by atoms with Crippen LogP contribution in [0.25, 0.3) is 0 Å². The summed E-state index contributed by atoms with van der Waals surface area (Å²) in [6, 6.07) is -0.0831. The summed E-state index contributed by atoms with van der Waals surface area (Å²) in [5.74, 6) is -0.653. The van der Waals surface area contributed by atoms with Crippen molar-refractivity contribution in [2.75, 3.05) is 25.4 Å². The molecule has 0 atom stereocenters. The lowest BCUT2D eigenvalue weighted by Gasteiger charge is -2.13. The van der Waals surface area contributed by atoms with E-state index in [1.54, 1.807) is 4.90 Å². The zero-order valence-electron chi connectivity index (χ0n) is 9.22. The van der Waals surface area contributed by atoms with Gasteiger partial charge in [-0.1, -0.05) is 0 Å². The summed E-state index contributed by atoms with van der Waals surface area (Å²) >= 11 is 0. The molecule has 92 valence electrons. The Morgan fingerprint density at radius 1 is 1.53 bits per heavy atom. The molecule has 1 fully saturated rings. The third-order valence-electron chi connectivity index (χ3n) is 2.57. The van der Waals surface area contributed by atoms with Crippen LogP contribution in [0.1, 0.15) is 10.5 Å². The summed E-state index contributed by atoms with van der Waals surface area (Å²) in [7, 11) is 0. The van der Waals surface area contributed by atoms with Crippen LogP contribution in [0.5, 0.6) is 0 Å². The second-order valence-corrected chi connectivity index (χ2v) is 3.78. The molecule has 0 aromatic carbocycles. The number of hydrogen-bond donors (Lipinski definition) is 3. The highest BCUT2D eigenvalue weighted by molar-refractivity contribution is 5.95. The number of nitrogen functional groups attached to an aromatic ring is 1. The lowest BCUT2D eigenvalue weighted by atomic mass is 10.4. The lowest BCUT2D eigenvalue weighted by Crippen LogP contribution is -2.31. The fraction of sp³-hybridized carbons (Fsp3) is 0.444. The fourth-order valence-electron chi connectivity index (χ4n) is 1.69. The Kier molecular flexibility index (Phi) is 2.86. The first kappa shape index (κ1) is 11.2. The fourth-order valence-corrected chi connectivity index (χ4v) is 1.69. The third kappa shape index (κ3) is 2.30. The quantitative estimate of drug-likeness (QED) is 0.596. The minimum Gasteiger partial charge on any atom is -0.396 e. The van der Waals surface area contributed by atoms with Crippen LogP contribution in [0.3, 0.4) is 0 Å². The van der Waals surface area contributed by atoms with Crippen LogP contribution in [0.2, 0.25) is 0 Å². The van der Waals surface area contributed by atoms with Gasteiger partial charge in [0, 0.05) is 25.8 Å². The van der Waals surface area contributed by atoms with Crippen molar-refractivity contribution in [3.05, 3.63) is 11.9 Å². The second kappa shape index (κ2) is 4.32. The van der Waals surface area contributed by atoms with Gasteiger partial charge in [0.2, 0.25) is 0 Å². The van der Waals surface area contributed by atoms with Gasteiger partial charge in [0.05, 0.1) is 12.2 Å². The molecule has 1 aliphatic rings. The van der Waals surface area contributed by atoms with Crippen molar-refractivity contribution in [1.29, 1.82) is 0 Å². The van der Waals surface area contributed by atoms with E-state index >= 15 is 0 Å². The number of anilines is 1. The number of carbonyl (C=O) groups is 2. The van der Waals surface area contributed by atoms with Gasteiger partial charge in [-0.15, -0.1) is 0 Å². The number of aromatic nitrogens is 2. The molecule has 1 saturated heterocycles. The van der Waals surface area contributed by atoms with Gasteiger partial charge in [0.25, 0.3) is 5.91 Å². The predicted molar refractivity (Wildman–Crippen MR) is 60.1 cm³/mol. The van der Waals surface area contributed by atoms with Gasteiger partial charge in [-0.2, -0.15) is 5.10 Å². The summed E-state index contributed by atoms with van der Waals surface area (Å²) in [6.07, 6.45) is 1.54. The van der Waals surface area contributed by atoms with Crippen molar-refractivity contribution in [1.82, 2.24) is 20.0 Å². The van der Waals surface area contributed by atoms with E-state index in [-0.39, 0.29) is 17.4 Å². The van der Waals surface area contributed by atoms with Crippen molar-refractivity contribution >= 4 is 17.6 Å². The topological polar surface area (TPSA) is 119 Å². The van der Waals surface area contributed by atoms with Crippen LogP contribution < -0.4 is 16.8 Å². The number of nitrogens with two attached hydrogens (primary N) is 2. The van der Waals surface area contributed by atoms with Crippen LogP contribution in [0.15, 0.2) is 6.20 Å². The average molecular weight is 238 g/mol. The first-order valence-corrected chi connectivity index (χ1v) is 5.23. The number of hydrogen-bond acceptors (Lipinski definition) is 4. The van der Waals surface area contributed by atoms with Gasteiger partial charge in [0.1, 0.15) is 0 Å². The molecule has 5 N–H and O–H groups in total. The third-order valence-corrected chi connectivity index (χ3v) is 2.57. The Morgan fingerprint density at radius 2 is 2.29 bits per heavy atom. The van der Waals surface area contributed by atoms with Crippen molar-refractivity contribution in [2.24, 2.45) is 5.73 Å². The molecule has 2 heterocycles. The Bertz CT molecular complexity index is 454. The number of rotatable bonds is 4. The molecule has 0 bridgehead atoms. The monoisotopic (exact) mass is 238 g/mol. The Labute approximate surface area is 97.5 Å². The summed E-state index contributed by atoms with van der Waals surface area (Å²) < 4.78 is 1.51. The molecule has 0 radical (unpaired) electrons. The van der Waals surface area contributed by atoms with Gasteiger partial charge in [0.15, 0.2) is 5.69 Å². The highest BCUT2D eigenvalue weighted by Crippen LogP contribution is 2.08. The van der Waals surface area contributed by atoms with E-state index in [1.165, 1.54) is 10.9 Å². The molecule has 0 aliphatic carbocycles. The van der Waals surface area contributed by atoms with Gasteiger partial charge in [-0.25, -0.2) is 4.79 Å². The average Bonchev–Trinajstić information content (AvgIpc) is 2.82. The van der Waals surface area contributed by atoms with Gasteiger partial charge < -0.3 is 21.7 Å². The van der Waals surface area contributed by atoms with Crippen LogP contribution in [-0.2, 0) is 6.54 Å². The van der Waals surface area contributed by atoms with E-state index < -0.39 is 5.91 Å². The minimum atomic E-state index is -0.653. The minimum absolute atomic E-state index is 0.0656. The molecule has 0 spiro atoms. The van der Waals surface area contributed by atoms with E-state index in [2.05, 4.69) is 10.4 Å². The molecule has 0 unspecified atom stereocenters. The number of primary amides is 1. The Hall–Kier alpha value is -2.25. The van der Waals surface area contributed by atoms with Crippen molar-refractivity contribution in [3.63, 3.8) is 0 Å². The number of amides is 3. The smallest absolute Gasteiger partial charge is 0.317 e. The molecule has 1 aliphatic heterocycles. The number of nitrogens with zero attached hydrogens (tertiary/aromatic N) is 3. The van der Waals surface area contributed by atoms with Gasteiger partial charge >= 0.3 is 6.03 Å². The second-order valence-electron chi connectivity index (χ2n) is 3.78. The number of urea groups is 1. The highest BCUT2D eigenvalue weighted by atomic mass is 16.2. The Balaban J connectivity index is 1.97. The molecular weight excluding hydrogens is 224 g/mol. The largest absolute Gasteiger partial charge is 0.396 e. The molecule has 3 amide bonds. The molecule has 8 heteroatoms. The molecule has 1 aromatic heterocycles. The Morgan fingerprint density at radius 3 is 2.82 bits per heavy atom. The SMILES string of the molecule is NC(=O)c1nn(CCN2CCNC2=O)cc1N. The first-order valence-electron chi connectivity index (χ1n) is 5.23. The van der Waals surface area contributed by atoms with Gasteiger partial charge in [-0.05, 0) is 0 Å². The summed E-state index contributed by atoms with van der Waals surface area (Å²) in [5.41, 5.74) is 11.0. The molecule has 1 aromatic rings. The van der Waals surface area contributed by atoms with E-state index in [4.69, 9.17) is 11.5 Å². The summed E-state index contributed by atoms with van der Waals surface area (Å²) in [5, 5.41) is 6.65. The maximum Gasteiger partial charge on any atom is 0.317 e. The normalized spacial score (nSPS) is 15.1. The predicted octanol–water partition coefficient (Wildman–Crippen LogP) is -1.41. The van der Waals surface area contributed by atoms with Crippen molar-refractivity contribution in [2.45, 2.75) is 6.54 Å². The zero-order chi connectivity index (χ0) is 12.4. The van der Waals surface area contributed by atoms with E-state index in [1.807, 2.05) is 0 Å².